The number of rotatable bonds is 4. The number of amides is 1. The van der Waals surface area contributed by atoms with Gasteiger partial charge in [-0.15, -0.1) is 0 Å². The summed E-state index contributed by atoms with van der Waals surface area (Å²) in [6.45, 7) is 0. The second-order valence-electron chi connectivity index (χ2n) is 5.43. The Kier molecular flexibility index (Phi) is 4.47. The summed E-state index contributed by atoms with van der Waals surface area (Å²) in [5, 5.41) is 27.4. The molecule has 7 nitrogen and oxygen atoms in total. The van der Waals surface area contributed by atoms with Gasteiger partial charge in [0.15, 0.2) is 0 Å². The number of aromatic hydroxyl groups is 1. The van der Waals surface area contributed by atoms with Gasteiger partial charge in [0.05, 0.1) is 0 Å². The summed E-state index contributed by atoms with van der Waals surface area (Å²) in [5.74, 6) is 0.0720. The molecule has 0 aliphatic heterocycles. The van der Waals surface area contributed by atoms with Gasteiger partial charge in [-0.25, -0.2) is 4.79 Å². The molecule has 0 aliphatic carbocycles. The minimum atomic E-state index is -1.15. The lowest BCUT2D eigenvalue weighted by Gasteiger charge is -2.06. The molecule has 1 amide bonds. The first-order chi connectivity index (χ1) is 12.0. The number of phenols is 1. The summed E-state index contributed by atoms with van der Waals surface area (Å²) in [4.78, 5) is 23.4. The number of carbonyl (C=O) groups is 1. The van der Waals surface area contributed by atoms with Crippen molar-refractivity contribution in [1.29, 1.82) is 0 Å². The van der Waals surface area contributed by atoms with Gasteiger partial charge in [0, 0.05) is 23.9 Å². The van der Waals surface area contributed by atoms with Crippen LogP contribution in [0.25, 0.3) is 11.1 Å². The predicted molar refractivity (Wildman–Crippen MR) is 92.9 cm³/mol. The molecule has 4 N–H and O–H groups in total. The van der Waals surface area contributed by atoms with E-state index in [-0.39, 0.29) is 17.6 Å². The van der Waals surface area contributed by atoms with E-state index < -0.39 is 6.09 Å². The highest BCUT2D eigenvalue weighted by Gasteiger charge is 2.11. The Hall–Kier alpha value is -3.61. The van der Waals surface area contributed by atoms with E-state index in [1.165, 1.54) is 18.3 Å². The summed E-state index contributed by atoms with van der Waals surface area (Å²) < 4.78 is 0. The molecule has 0 fully saturated rings. The fourth-order valence-corrected chi connectivity index (χ4v) is 2.53. The molecule has 0 spiro atoms. The molecule has 3 rings (SSSR count). The fourth-order valence-electron chi connectivity index (χ4n) is 2.53. The van der Waals surface area contributed by atoms with E-state index in [2.05, 4.69) is 15.5 Å². The van der Waals surface area contributed by atoms with Gasteiger partial charge >= 0.3 is 6.09 Å². The molecule has 0 radical (unpaired) electrons. The van der Waals surface area contributed by atoms with Crippen molar-refractivity contribution in [1.82, 2.24) is 10.2 Å². The van der Waals surface area contributed by atoms with Crippen LogP contribution in [0.15, 0.2) is 59.5 Å². The van der Waals surface area contributed by atoms with Crippen molar-refractivity contribution in [3.05, 3.63) is 76.2 Å². The number of carboxylic acid groups (broad SMARTS) is 1. The third-order valence-electron chi connectivity index (χ3n) is 3.62. The van der Waals surface area contributed by atoms with Gasteiger partial charge in [-0.3, -0.25) is 15.2 Å². The van der Waals surface area contributed by atoms with Gasteiger partial charge in [0.2, 0.25) is 5.43 Å². The predicted octanol–water partition coefficient (Wildman–Crippen LogP) is 2.82. The van der Waals surface area contributed by atoms with Gasteiger partial charge < -0.3 is 10.2 Å². The van der Waals surface area contributed by atoms with E-state index in [1.54, 1.807) is 36.4 Å². The summed E-state index contributed by atoms with van der Waals surface area (Å²) in [7, 11) is 0. The molecule has 0 aliphatic rings. The largest absolute Gasteiger partial charge is 0.508 e. The molecule has 0 saturated heterocycles. The van der Waals surface area contributed by atoms with E-state index >= 15 is 0 Å². The Labute approximate surface area is 142 Å². The van der Waals surface area contributed by atoms with Gasteiger partial charge in [0.25, 0.3) is 0 Å². The van der Waals surface area contributed by atoms with Crippen LogP contribution in [0.4, 0.5) is 10.5 Å². The monoisotopic (exact) mass is 337 g/mol. The molecule has 2 aromatic carbocycles. The van der Waals surface area contributed by atoms with E-state index in [0.717, 1.165) is 5.56 Å². The Balaban J connectivity index is 1.93. The van der Waals surface area contributed by atoms with Crippen LogP contribution in [0.2, 0.25) is 0 Å². The molecule has 25 heavy (non-hydrogen) atoms. The van der Waals surface area contributed by atoms with Gasteiger partial charge in [-0.2, -0.15) is 5.10 Å². The minimum Gasteiger partial charge on any atom is -0.508 e. The van der Waals surface area contributed by atoms with Crippen LogP contribution in [-0.4, -0.2) is 26.5 Å². The van der Waals surface area contributed by atoms with Gasteiger partial charge in [0.1, 0.15) is 11.4 Å². The van der Waals surface area contributed by atoms with Crippen LogP contribution in [0.3, 0.4) is 0 Å². The molecule has 0 atom stereocenters. The lowest BCUT2D eigenvalue weighted by Crippen LogP contribution is -2.15. The molecule has 0 saturated carbocycles. The first-order valence-corrected chi connectivity index (χ1v) is 7.48. The lowest BCUT2D eigenvalue weighted by molar-refractivity contribution is 0.210. The van der Waals surface area contributed by atoms with Gasteiger partial charge in [-0.1, -0.05) is 24.3 Å². The van der Waals surface area contributed by atoms with E-state index in [1.807, 2.05) is 0 Å². The summed E-state index contributed by atoms with van der Waals surface area (Å²) in [5.41, 5.74) is 2.21. The third kappa shape index (κ3) is 3.84. The highest BCUT2D eigenvalue weighted by molar-refractivity contribution is 5.82. The average molecular weight is 337 g/mol. The number of H-pyrrole nitrogens is 1. The van der Waals surface area contributed by atoms with Crippen LogP contribution in [0.1, 0.15) is 11.3 Å². The van der Waals surface area contributed by atoms with Crippen molar-refractivity contribution in [2.24, 2.45) is 0 Å². The number of nitrogens with zero attached hydrogens (tertiary/aromatic N) is 1. The Morgan fingerprint density at radius 3 is 2.72 bits per heavy atom. The first-order valence-electron chi connectivity index (χ1n) is 7.48. The number of hydrogen-bond acceptors (Lipinski definition) is 4. The quantitative estimate of drug-likeness (QED) is 0.584. The zero-order valence-corrected chi connectivity index (χ0v) is 13.1. The van der Waals surface area contributed by atoms with E-state index in [0.29, 0.717) is 22.5 Å². The fraction of sp³-hybridized carbons (Fsp3) is 0.0556. The average Bonchev–Trinajstić information content (AvgIpc) is 2.56. The normalized spacial score (nSPS) is 10.4. The number of anilines is 1. The van der Waals surface area contributed by atoms with Crippen molar-refractivity contribution in [2.45, 2.75) is 6.42 Å². The van der Waals surface area contributed by atoms with Crippen molar-refractivity contribution in [3.8, 4) is 16.9 Å². The molecule has 0 unspecified atom stereocenters. The summed E-state index contributed by atoms with van der Waals surface area (Å²) in [6.07, 6.45) is 0.583. The summed E-state index contributed by atoms with van der Waals surface area (Å²) >= 11 is 0. The highest BCUT2D eigenvalue weighted by atomic mass is 16.4. The molecule has 7 heteroatoms. The number of benzene rings is 2. The van der Waals surface area contributed by atoms with Crippen molar-refractivity contribution in [3.63, 3.8) is 0 Å². The molecular formula is C18H15N3O4. The number of aromatic nitrogens is 2. The van der Waals surface area contributed by atoms with Crippen LogP contribution in [0, 0.1) is 0 Å². The molecule has 1 heterocycles. The molecule has 3 aromatic rings. The van der Waals surface area contributed by atoms with Crippen molar-refractivity contribution in [2.75, 3.05) is 5.32 Å². The lowest BCUT2D eigenvalue weighted by atomic mass is 10.0. The maximum Gasteiger partial charge on any atom is 0.409 e. The standard InChI is InChI=1S/C18H15N3O4/c22-14-6-2-4-12(9-14)15-10-19-21-16(17(15)23)8-11-3-1-5-13(7-11)20-18(24)25/h1-7,9-10,20,22H,8H2,(H,19,23)(H,24,25). The molecule has 0 bridgehead atoms. The Morgan fingerprint density at radius 2 is 1.96 bits per heavy atom. The van der Waals surface area contributed by atoms with Crippen molar-refractivity contribution < 1.29 is 15.0 Å². The smallest absolute Gasteiger partial charge is 0.409 e. The Bertz CT molecular complexity index is 982. The second-order valence-corrected chi connectivity index (χ2v) is 5.43. The SMILES string of the molecule is O=C(O)Nc1cccc(Cc2n[nH]cc(-c3cccc(O)c3)c2=O)c1. The van der Waals surface area contributed by atoms with Crippen LogP contribution in [0.5, 0.6) is 5.75 Å². The Morgan fingerprint density at radius 1 is 1.16 bits per heavy atom. The maximum absolute atomic E-state index is 12.7. The van der Waals surface area contributed by atoms with E-state index in [9.17, 15) is 14.7 Å². The van der Waals surface area contributed by atoms with E-state index in [4.69, 9.17) is 5.11 Å². The summed E-state index contributed by atoms with van der Waals surface area (Å²) in [6, 6.07) is 13.2. The zero-order chi connectivity index (χ0) is 17.8. The number of hydrogen-bond donors (Lipinski definition) is 4. The third-order valence-corrected chi connectivity index (χ3v) is 3.62. The number of phenolic OH excluding ortho intramolecular Hbond substituents is 1. The molecule has 126 valence electrons. The minimum absolute atomic E-state index is 0.0720. The van der Waals surface area contributed by atoms with Crippen LogP contribution in [-0.2, 0) is 6.42 Å². The number of aromatic amines is 1. The van der Waals surface area contributed by atoms with Gasteiger partial charge in [-0.05, 0) is 35.4 Å². The molecule has 1 aromatic heterocycles. The number of nitrogens with one attached hydrogen (secondary N) is 2. The second kappa shape index (κ2) is 6.88. The first kappa shape index (κ1) is 16.3. The molecular weight excluding hydrogens is 322 g/mol. The van der Waals surface area contributed by atoms with Crippen LogP contribution >= 0.6 is 0 Å². The zero-order valence-electron chi connectivity index (χ0n) is 13.1. The highest BCUT2D eigenvalue weighted by Crippen LogP contribution is 2.20. The topological polar surface area (TPSA) is 115 Å². The maximum atomic E-state index is 12.7. The van der Waals surface area contributed by atoms with Crippen molar-refractivity contribution >= 4 is 11.8 Å². The van der Waals surface area contributed by atoms with Crippen LogP contribution < -0.4 is 10.7 Å².